The van der Waals surface area contributed by atoms with E-state index in [0.29, 0.717) is 6.42 Å². The fraction of sp³-hybridized carbons (Fsp3) is 0.250. The minimum absolute atomic E-state index is 0.0816. The molecule has 0 aromatic heterocycles. The van der Waals surface area contributed by atoms with Gasteiger partial charge in [-0.25, -0.2) is 4.39 Å². The molecule has 0 radical (unpaired) electrons. The highest BCUT2D eigenvalue weighted by atomic mass is 19.1. The summed E-state index contributed by atoms with van der Waals surface area (Å²) in [4.78, 5) is 0. The van der Waals surface area contributed by atoms with E-state index in [1.165, 1.54) is 12.1 Å². The van der Waals surface area contributed by atoms with Gasteiger partial charge < -0.3 is 10.2 Å². The van der Waals surface area contributed by atoms with Crippen LogP contribution in [0.1, 0.15) is 11.1 Å². The second-order valence-corrected chi connectivity index (χ2v) is 4.75. The predicted octanol–water partition coefficient (Wildman–Crippen LogP) is 2.93. The number of rotatable bonds is 5. The molecule has 0 aliphatic carbocycles. The van der Waals surface area contributed by atoms with Crippen molar-refractivity contribution in [2.24, 2.45) is 5.92 Å². The van der Waals surface area contributed by atoms with Crippen molar-refractivity contribution in [1.82, 2.24) is 0 Å². The molecule has 2 nitrogen and oxygen atoms in total. The SMILES string of the molecule is OCC(Cc1ccc(O)cc1)Cc1ccc(F)cc1. The first-order chi connectivity index (χ1) is 9.17. The van der Waals surface area contributed by atoms with Crippen LogP contribution in [0.25, 0.3) is 0 Å². The lowest BCUT2D eigenvalue weighted by molar-refractivity contribution is 0.225. The lowest BCUT2D eigenvalue weighted by Gasteiger charge is -2.14. The Kier molecular flexibility index (Phi) is 4.53. The van der Waals surface area contributed by atoms with Gasteiger partial charge in [-0.15, -0.1) is 0 Å². The average Bonchev–Trinajstić information content (AvgIpc) is 2.43. The van der Waals surface area contributed by atoms with Crippen LogP contribution in [0.2, 0.25) is 0 Å². The van der Waals surface area contributed by atoms with Crippen molar-refractivity contribution in [3.8, 4) is 5.75 Å². The highest BCUT2D eigenvalue weighted by molar-refractivity contribution is 5.26. The number of phenolic OH excluding ortho intramolecular Hbond substituents is 1. The van der Waals surface area contributed by atoms with Crippen molar-refractivity contribution in [3.05, 3.63) is 65.5 Å². The number of hydrogen-bond acceptors (Lipinski definition) is 2. The monoisotopic (exact) mass is 260 g/mol. The summed E-state index contributed by atoms with van der Waals surface area (Å²) < 4.78 is 12.8. The molecule has 1 unspecified atom stereocenters. The number of phenols is 1. The van der Waals surface area contributed by atoms with Crippen LogP contribution >= 0.6 is 0 Å². The molecular formula is C16H17FO2. The second kappa shape index (κ2) is 6.34. The molecule has 0 bridgehead atoms. The summed E-state index contributed by atoms with van der Waals surface area (Å²) in [5, 5.41) is 18.7. The number of hydrogen-bond donors (Lipinski definition) is 2. The molecule has 0 spiro atoms. The molecular weight excluding hydrogens is 243 g/mol. The molecule has 0 amide bonds. The van der Waals surface area contributed by atoms with Crippen LogP contribution in [0.15, 0.2) is 48.5 Å². The van der Waals surface area contributed by atoms with Gasteiger partial charge in [0.05, 0.1) is 0 Å². The van der Waals surface area contributed by atoms with E-state index in [1.54, 1.807) is 24.3 Å². The Hall–Kier alpha value is -1.87. The molecule has 3 heteroatoms. The molecule has 2 aromatic rings. The number of aliphatic hydroxyl groups is 1. The van der Waals surface area contributed by atoms with E-state index in [4.69, 9.17) is 0 Å². The van der Waals surface area contributed by atoms with Crippen molar-refractivity contribution >= 4 is 0 Å². The van der Waals surface area contributed by atoms with Crippen LogP contribution < -0.4 is 0 Å². The van der Waals surface area contributed by atoms with Gasteiger partial charge in [0.25, 0.3) is 0 Å². The van der Waals surface area contributed by atoms with E-state index in [2.05, 4.69) is 0 Å². The molecule has 1 atom stereocenters. The molecule has 0 saturated carbocycles. The first kappa shape index (κ1) is 13.6. The van der Waals surface area contributed by atoms with Crippen molar-refractivity contribution in [3.63, 3.8) is 0 Å². The minimum atomic E-state index is -0.247. The maximum atomic E-state index is 12.8. The number of aliphatic hydroxyl groups excluding tert-OH is 1. The van der Waals surface area contributed by atoms with Crippen molar-refractivity contribution in [2.75, 3.05) is 6.61 Å². The molecule has 2 N–H and O–H groups in total. The lowest BCUT2D eigenvalue weighted by atomic mass is 9.93. The maximum absolute atomic E-state index is 12.8. The molecule has 0 saturated heterocycles. The van der Waals surface area contributed by atoms with Gasteiger partial charge in [0.2, 0.25) is 0 Å². The Bertz CT molecular complexity index is 458. The third kappa shape index (κ3) is 4.07. The molecule has 19 heavy (non-hydrogen) atoms. The topological polar surface area (TPSA) is 40.5 Å². The van der Waals surface area contributed by atoms with Crippen LogP contribution in [-0.2, 0) is 12.8 Å². The van der Waals surface area contributed by atoms with Crippen LogP contribution in [0.3, 0.4) is 0 Å². The van der Waals surface area contributed by atoms with Crippen LogP contribution in [0, 0.1) is 11.7 Å². The van der Waals surface area contributed by atoms with Crippen LogP contribution in [-0.4, -0.2) is 16.8 Å². The molecule has 0 aliphatic rings. The van der Waals surface area contributed by atoms with Crippen molar-refractivity contribution in [2.45, 2.75) is 12.8 Å². The van der Waals surface area contributed by atoms with Gasteiger partial charge in [-0.05, 0) is 54.2 Å². The van der Waals surface area contributed by atoms with Gasteiger partial charge in [-0.1, -0.05) is 24.3 Å². The molecule has 2 rings (SSSR count). The van der Waals surface area contributed by atoms with Gasteiger partial charge in [0.15, 0.2) is 0 Å². The second-order valence-electron chi connectivity index (χ2n) is 4.75. The Labute approximate surface area is 112 Å². The minimum Gasteiger partial charge on any atom is -0.508 e. The van der Waals surface area contributed by atoms with Gasteiger partial charge in [0, 0.05) is 6.61 Å². The van der Waals surface area contributed by atoms with Gasteiger partial charge in [-0.2, -0.15) is 0 Å². The summed E-state index contributed by atoms with van der Waals surface area (Å²) in [5.41, 5.74) is 2.08. The summed E-state index contributed by atoms with van der Waals surface area (Å²) in [7, 11) is 0. The Morgan fingerprint density at radius 3 is 1.79 bits per heavy atom. The zero-order chi connectivity index (χ0) is 13.7. The summed E-state index contributed by atoms with van der Waals surface area (Å²) in [6.07, 6.45) is 1.44. The third-order valence-corrected chi connectivity index (χ3v) is 3.16. The zero-order valence-electron chi connectivity index (χ0n) is 10.6. The van der Waals surface area contributed by atoms with E-state index >= 15 is 0 Å². The Morgan fingerprint density at radius 1 is 0.842 bits per heavy atom. The zero-order valence-corrected chi connectivity index (χ0v) is 10.6. The van der Waals surface area contributed by atoms with E-state index in [1.807, 2.05) is 12.1 Å². The third-order valence-electron chi connectivity index (χ3n) is 3.16. The largest absolute Gasteiger partial charge is 0.508 e. The van der Waals surface area contributed by atoms with Crippen LogP contribution in [0.5, 0.6) is 5.75 Å². The normalized spacial score (nSPS) is 12.3. The van der Waals surface area contributed by atoms with E-state index < -0.39 is 0 Å². The first-order valence-electron chi connectivity index (χ1n) is 6.30. The summed E-state index contributed by atoms with van der Waals surface area (Å²) >= 11 is 0. The van der Waals surface area contributed by atoms with Crippen molar-refractivity contribution < 1.29 is 14.6 Å². The molecule has 0 fully saturated rings. The van der Waals surface area contributed by atoms with Gasteiger partial charge in [-0.3, -0.25) is 0 Å². The van der Waals surface area contributed by atoms with Gasteiger partial charge in [0.1, 0.15) is 11.6 Å². The highest BCUT2D eigenvalue weighted by Crippen LogP contribution is 2.17. The fourth-order valence-corrected chi connectivity index (χ4v) is 2.12. The number of aromatic hydroxyl groups is 1. The quantitative estimate of drug-likeness (QED) is 0.867. The number of benzene rings is 2. The van der Waals surface area contributed by atoms with E-state index in [0.717, 1.165) is 17.5 Å². The highest BCUT2D eigenvalue weighted by Gasteiger charge is 2.10. The lowest BCUT2D eigenvalue weighted by Crippen LogP contribution is -2.13. The average molecular weight is 260 g/mol. The maximum Gasteiger partial charge on any atom is 0.123 e. The molecule has 0 aliphatic heterocycles. The predicted molar refractivity (Wildman–Crippen MR) is 72.5 cm³/mol. The Balaban J connectivity index is 2.00. The molecule has 0 heterocycles. The summed E-state index contributed by atoms with van der Waals surface area (Å²) in [6, 6.07) is 13.3. The Morgan fingerprint density at radius 2 is 1.32 bits per heavy atom. The fourth-order valence-electron chi connectivity index (χ4n) is 2.12. The van der Waals surface area contributed by atoms with Crippen molar-refractivity contribution in [1.29, 1.82) is 0 Å². The summed E-state index contributed by atoms with van der Waals surface area (Å²) in [6.45, 7) is 0.0816. The van der Waals surface area contributed by atoms with E-state index in [9.17, 15) is 14.6 Å². The van der Waals surface area contributed by atoms with Crippen LogP contribution in [0.4, 0.5) is 4.39 Å². The van der Waals surface area contributed by atoms with E-state index in [-0.39, 0.29) is 24.1 Å². The standard InChI is InChI=1S/C16H17FO2/c17-15-5-1-12(2-6-15)9-14(11-18)10-13-3-7-16(19)8-4-13/h1-8,14,18-19H,9-11H2. The molecule has 100 valence electrons. The van der Waals surface area contributed by atoms with Gasteiger partial charge >= 0.3 is 0 Å². The molecule has 2 aromatic carbocycles. The summed E-state index contributed by atoms with van der Waals surface area (Å²) in [5.74, 6) is 0.0840. The number of halogens is 1. The first-order valence-corrected chi connectivity index (χ1v) is 6.30. The smallest absolute Gasteiger partial charge is 0.123 e.